The molecule has 1 heterocycles. The van der Waals surface area contributed by atoms with Crippen LogP contribution < -0.4 is 10.6 Å². The van der Waals surface area contributed by atoms with Crippen molar-refractivity contribution in [2.45, 2.75) is 51.6 Å². The first-order valence-corrected chi connectivity index (χ1v) is 7.65. The molecule has 0 aliphatic carbocycles. The van der Waals surface area contributed by atoms with Crippen LogP contribution in [-0.2, 0) is 11.2 Å². The summed E-state index contributed by atoms with van der Waals surface area (Å²) in [5.41, 5.74) is -0.0571. The van der Waals surface area contributed by atoms with Crippen LogP contribution in [0.15, 0.2) is 16.8 Å². The molecule has 0 bridgehead atoms. The van der Waals surface area contributed by atoms with Gasteiger partial charge in [-0.15, -0.1) is 0 Å². The minimum atomic E-state index is -1.22. The summed E-state index contributed by atoms with van der Waals surface area (Å²) in [6, 6.07) is 1.52. The maximum atomic E-state index is 11.9. The first-order chi connectivity index (χ1) is 9.37. The first-order valence-electron chi connectivity index (χ1n) is 6.70. The van der Waals surface area contributed by atoms with Gasteiger partial charge in [-0.3, -0.25) is 0 Å². The largest absolute Gasteiger partial charge is 0.480 e. The summed E-state index contributed by atoms with van der Waals surface area (Å²) < 4.78 is 0. The number of rotatable bonds is 7. The Hall–Kier alpha value is -1.56. The number of hydrogen-bond acceptors (Lipinski definition) is 3. The van der Waals surface area contributed by atoms with Crippen LogP contribution in [0, 0.1) is 0 Å². The highest BCUT2D eigenvalue weighted by molar-refractivity contribution is 7.07. The Morgan fingerprint density at radius 3 is 2.70 bits per heavy atom. The number of amides is 2. The predicted molar refractivity (Wildman–Crippen MR) is 80.1 cm³/mol. The Morgan fingerprint density at radius 1 is 1.50 bits per heavy atom. The molecule has 6 heteroatoms. The van der Waals surface area contributed by atoms with Gasteiger partial charge in [0.25, 0.3) is 0 Å². The monoisotopic (exact) mass is 298 g/mol. The topological polar surface area (TPSA) is 78.4 Å². The standard InChI is InChI=1S/C14H22N2O3S/c1-4-6-14(3,12(17)18)16-13(19)15-10(2)8-11-5-7-20-9-11/h5,7,9-10H,4,6,8H2,1-3H3,(H,17,18)(H2,15,16,19). The molecule has 112 valence electrons. The molecule has 0 saturated heterocycles. The molecule has 3 N–H and O–H groups in total. The number of aliphatic carboxylic acids is 1. The van der Waals surface area contributed by atoms with Crippen LogP contribution in [0.3, 0.4) is 0 Å². The molecule has 0 spiro atoms. The molecule has 0 fully saturated rings. The zero-order valence-corrected chi connectivity index (χ0v) is 12.9. The fourth-order valence-corrected chi connectivity index (χ4v) is 2.73. The summed E-state index contributed by atoms with van der Waals surface area (Å²) >= 11 is 1.61. The number of carboxylic acids is 1. The lowest BCUT2D eigenvalue weighted by molar-refractivity contribution is -0.144. The second kappa shape index (κ2) is 7.28. The Labute approximate surface area is 123 Å². The van der Waals surface area contributed by atoms with Crippen LogP contribution >= 0.6 is 11.3 Å². The van der Waals surface area contributed by atoms with Gasteiger partial charge in [-0.05, 0) is 49.1 Å². The maximum Gasteiger partial charge on any atom is 0.329 e. The summed E-state index contributed by atoms with van der Waals surface area (Å²) in [6.07, 6.45) is 1.82. The fourth-order valence-electron chi connectivity index (χ4n) is 2.05. The number of carbonyl (C=O) groups excluding carboxylic acids is 1. The van der Waals surface area contributed by atoms with Crippen molar-refractivity contribution in [1.29, 1.82) is 0 Å². The van der Waals surface area contributed by atoms with E-state index in [4.69, 9.17) is 0 Å². The van der Waals surface area contributed by atoms with E-state index in [1.807, 2.05) is 30.7 Å². The number of thiophene rings is 1. The van der Waals surface area contributed by atoms with Crippen LogP contribution in [-0.4, -0.2) is 28.7 Å². The minimum Gasteiger partial charge on any atom is -0.480 e. The number of hydrogen-bond donors (Lipinski definition) is 3. The molecular weight excluding hydrogens is 276 g/mol. The van der Waals surface area contributed by atoms with Gasteiger partial charge >= 0.3 is 12.0 Å². The Kier molecular flexibility index (Phi) is 6.01. The third-order valence-electron chi connectivity index (χ3n) is 3.11. The van der Waals surface area contributed by atoms with E-state index in [-0.39, 0.29) is 6.04 Å². The summed E-state index contributed by atoms with van der Waals surface area (Å²) in [5.74, 6) is -1.01. The van der Waals surface area contributed by atoms with Crippen molar-refractivity contribution in [3.63, 3.8) is 0 Å². The summed E-state index contributed by atoms with van der Waals surface area (Å²) in [5, 5.41) is 18.6. The number of carbonyl (C=O) groups is 2. The minimum absolute atomic E-state index is 0.0516. The highest BCUT2D eigenvalue weighted by Gasteiger charge is 2.33. The zero-order valence-electron chi connectivity index (χ0n) is 12.1. The highest BCUT2D eigenvalue weighted by Crippen LogP contribution is 2.13. The predicted octanol–water partition coefficient (Wildman–Crippen LogP) is 2.62. The summed E-state index contributed by atoms with van der Waals surface area (Å²) in [7, 11) is 0. The zero-order chi connectivity index (χ0) is 15.2. The van der Waals surface area contributed by atoms with E-state index in [1.165, 1.54) is 6.92 Å². The Morgan fingerprint density at radius 2 is 2.20 bits per heavy atom. The summed E-state index contributed by atoms with van der Waals surface area (Å²) in [6.45, 7) is 5.32. The average molecular weight is 298 g/mol. The van der Waals surface area contributed by atoms with Gasteiger partial charge in [0.2, 0.25) is 0 Å². The first kappa shape index (κ1) is 16.5. The molecule has 20 heavy (non-hydrogen) atoms. The van der Waals surface area contributed by atoms with Gasteiger partial charge in [0.15, 0.2) is 0 Å². The second-order valence-electron chi connectivity index (χ2n) is 5.22. The van der Waals surface area contributed by atoms with Crippen LogP contribution in [0.1, 0.15) is 39.2 Å². The summed E-state index contributed by atoms with van der Waals surface area (Å²) in [4.78, 5) is 23.1. The normalized spacial score (nSPS) is 15.2. The number of nitrogens with one attached hydrogen (secondary N) is 2. The SMILES string of the molecule is CCCC(C)(NC(=O)NC(C)Cc1ccsc1)C(=O)O. The van der Waals surface area contributed by atoms with E-state index in [9.17, 15) is 14.7 Å². The smallest absolute Gasteiger partial charge is 0.329 e. The van der Waals surface area contributed by atoms with E-state index in [1.54, 1.807) is 11.3 Å². The average Bonchev–Trinajstić information content (AvgIpc) is 2.80. The molecule has 0 saturated carbocycles. The Bertz CT molecular complexity index is 447. The van der Waals surface area contributed by atoms with E-state index in [0.29, 0.717) is 12.8 Å². The maximum absolute atomic E-state index is 11.9. The number of carboxylic acid groups (broad SMARTS) is 1. The van der Waals surface area contributed by atoms with Crippen LogP contribution in [0.4, 0.5) is 4.79 Å². The van der Waals surface area contributed by atoms with Gasteiger partial charge in [-0.1, -0.05) is 13.3 Å². The van der Waals surface area contributed by atoms with Crippen molar-refractivity contribution in [3.05, 3.63) is 22.4 Å². The van der Waals surface area contributed by atoms with E-state index >= 15 is 0 Å². The number of urea groups is 1. The molecule has 0 aliphatic heterocycles. The molecule has 2 amide bonds. The van der Waals surface area contributed by atoms with E-state index in [2.05, 4.69) is 10.6 Å². The Balaban J connectivity index is 2.51. The van der Waals surface area contributed by atoms with Crippen molar-refractivity contribution in [3.8, 4) is 0 Å². The molecule has 2 unspecified atom stereocenters. The van der Waals surface area contributed by atoms with Crippen LogP contribution in [0.25, 0.3) is 0 Å². The molecule has 1 aromatic rings. The lowest BCUT2D eigenvalue weighted by Crippen LogP contribution is -2.56. The van der Waals surface area contributed by atoms with Gasteiger partial charge in [-0.25, -0.2) is 9.59 Å². The molecule has 1 aromatic heterocycles. The third-order valence-corrected chi connectivity index (χ3v) is 3.84. The molecule has 1 rings (SSSR count). The van der Waals surface area contributed by atoms with Crippen molar-refractivity contribution in [1.82, 2.24) is 10.6 Å². The van der Waals surface area contributed by atoms with Gasteiger partial charge in [0.1, 0.15) is 5.54 Å². The van der Waals surface area contributed by atoms with Crippen molar-refractivity contribution >= 4 is 23.3 Å². The van der Waals surface area contributed by atoms with Gasteiger partial charge in [0, 0.05) is 6.04 Å². The van der Waals surface area contributed by atoms with Crippen molar-refractivity contribution < 1.29 is 14.7 Å². The van der Waals surface area contributed by atoms with Gasteiger partial charge in [-0.2, -0.15) is 11.3 Å². The van der Waals surface area contributed by atoms with E-state index < -0.39 is 17.5 Å². The van der Waals surface area contributed by atoms with Crippen LogP contribution in [0.2, 0.25) is 0 Å². The quantitative estimate of drug-likeness (QED) is 0.724. The second-order valence-corrected chi connectivity index (χ2v) is 6.00. The fraction of sp³-hybridized carbons (Fsp3) is 0.571. The third kappa shape index (κ3) is 4.85. The molecule has 0 radical (unpaired) electrons. The molecule has 5 nitrogen and oxygen atoms in total. The molecule has 2 atom stereocenters. The lowest BCUT2D eigenvalue weighted by Gasteiger charge is -2.26. The molecular formula is C14H22N2O3S. The lowest BCUT2D eigenvalue weighted by atomic mass is 9.96. The van der Waals surface area contributed by atoms with Gasteiger partial charge in [0.05, 0.1) is 0 Å². The van der Waals surface area contributed by atoms with Crippen molar-refractivity contribution in [2.75, 3.05) is 0 Å². The van der Waals surface area contributed by atoms with Crippen molar-refractivity contribution in [2.24, 2.45) is 0 Å². The highest BCUT2D eigenvalue weighted by atomic mass is 32.1. The molecule has 0 aromatic carbocycles. The van der Waals surface area contributed by atoms with E-state index in [0.717, 1.165) is 12.0 Å². The van der Waals surface area contributed by atoms with Gasteiger partial charge < -0.3 is 15.7 Å². The van der Waals surface area contributed by atoms with Crippen LogP contribution in [0.5, 0.6) is 0 Å². The molecule has 0 aliphatic rings.